The molecule has 1 amide bonds. The number of ether oxygens (including phenoxy) is 1. The highest BCUT2D eigenvalue weighted by Gasteiger charge is 2.30. The Bertz CT molecular complexity index is 734. The molecule has 5 nitrogen and oxygen atoms in total. The van der Waals surface area contributed by atoms with Crippen LogP contribution in [0.3, 0.4) is 0 Å². The third-order valence-electron chi connectivity index (χ3n) is 7.06. The number of ketones is 1. The molecule has 2 N–H and O–H groups in total. The fraction of sp³-hybridized carbons (Fsp3) is 0.680. The highest BCUT2D eigenvalue weighted by molar-refractivity contribution is 5.97. The van der Waals surface area contributed by atoms with Crippen LogP contribution in [0.4, 0.5) is 9.18 Å². The molecule has 1 aliphatic heterocycles. The van der Waals surface area contributed by atoms with Crippen LogP contribution in [0.15, 0.2) is 24.3 Å². The second-order valence-corrected chi connectivity index (χ2v) is 10.0. The van der Waals surface area contributed by atoms with Gasteiger partial charge in [-0.15, -0.1) is 0 Å². The molecule has 1 heterocycles. The molecule has 0 atom stereocenters. The van der Waals surface area contributed by atoms with Crippen molar-refractivity contribution in [2.24, 2.45) is 23.5 Å². The second kappa shape index (κ2) is 10.6. The van der Waals surface area contributed by atoms with Gasteiger partial charge in [-0.1, -0.05) is 25.7 Å². The zero-order chi connectivity index (χ0) is 22.4. The molecule has 0 aromatic heterocycles. The molecule has 3 rings (SSSR count). The van der Waals surface area contributed by atoms with Gasteiger partial charge in [0, 0.05) is 11.5 Å². The summed E-state index contributed by atoms with van der Waals surface area (Å²) in [5, 5.41) is 0. The highest BCUT2D eigenvalue weighted by atomic mass is 19.1. The van der Waals surface area contributed by atoms with Crippen molar-refractivity contribution in [3.8, 4) is 0 Å². The number of carbonyl (C=O) groups excluding carboxylic acids is 2. The monoisotopic (exact) mass is 432 g/mol. The number of hydrogen-bond donors (Lipinski definition) is 1. The number of primary amides is 1. The molecule has 6 heteroatoms. The van der Waals surface area contributed by atoms with Crippen molar-refractivity contribution in [3.63, 3.8) is 0 Å². The number of hydrogen-bond acceptors (Lipinski definition) is 4. The minimum atomic E-state index is -0.693. The minimum absolute atomic E-state index is 0.0584. The summed E-state index contributed by atoms with van der Waals surface area (Å²) in [6.45, 7) is 6.91. The Kier molecular flexibility index (Phi) is 8.09. The van der Waals surface area contributed by atoms with Gasteiger partial charge in [-0.25, -0.2) is 9.18 Å². The predicted molar refractivity (Wildman–Crippen MR) is 119 cm³/mol. The molecule has 31 heavy (non-hydrogen) atoms. The van der Waals surface area contributed by atoms with Crippen LogP contribution in [0.5, 0.6) is 0 Å². The Morgan fingerprint density at radius 1 is 1.03 bits per heavy atom. The average Bonchev–Trinajstić information content (AvgIpc) is 2.72. The van der Waals surface area contributed by atoms with Crippen molar-refractivity contribution in [1.29, 1.82) is 0 Å². The number of nitrogens with two attached hydrogens (primary N) is 1. The lowest BCUT2D eigenvalue weighted by molar-refractivity contribution is 0.0192. The van der Waals surface area contributed by atoms with Gasteiger partial charge in [0.15, 0.2) is 5.78 Å². The van der Waals surface area contributed by atoms with Crippen LogP contribution in [-0.4, -0.2) is 42.0 Å². The summed E-state index contributed by atoms with van der Waals surface area (Å²) < 4.78 is 18.3. The number of rotatable bonds is 8. The predicted octanol–water partition coefficient (Wildman–Crippen LogP) is 5.18. The molecule has 0 unspecified atom stereocenters. The van der Waals surface area contributed by atoms with Gasteiger partial charge in [-0.2, -0.15) is 0 Å². The highest BCUT2D eigenvalue weighted by Crippen LogP contribution is 2.36. The van der Waals surface area contributed by atoms with E-state index in [1.165, 1.54) is 44.2 Å². The van der Waals surface area contributed by atoms with Crippen LogP contribution < -0.4 is 5.73 Å². The number of amides is 1. The molecule has 1 aromatic rings. The molecular formula is C25H37FN2O3. The Hall–Kier alpha value is -1.95. The molecule has 1 aliphatic carbocycles. The topological polar surface area (TPSA) is 72.6 Å². The lowest BCUT2D eigenvalue weighted by Crippen LogP contribution is -2.38. The maximum absolute atomic E-state index is 13.1. The van der Waals surface area contributed by atoms with Gasteiger partial charge in [-0.05, 0) is 95.3 Å². The first-order chi connectivity index (χ1) is 14.7. The fourth-order valence-electron chi connectivity index (χ4n) is 5.37. The summed E-state index contributed by atoms with van der Waals surface area (Å²) in [5.41, 5.74) is 5.32. The number of halogens is 1. The number of likely N-dealkylation sites (tertiary alicyclic amines) is 1. The molecule has 172 valence electrons. The van der Waals surface area contributed by atoms with Crippen molar-refractivity contribution < 1.29 is 18.7 Å². The fourth-order valence-corrected chi connectivity index (χ4v) is 5.37. The van der Waals surface area contributed by atoms with Crippen molar-refractivity contribution in [3.05, 3.63) is 35.6 Å². The quantitative estimate of drug-likeness (QED) is 0.575. The summed E-state index contributed by atoms with van der Waals surface area (Å²) in [4.78, 5) is 26.2. The molecule has 1 aromatic carbocycles. The number of Topliss-reactive ketones (excluding diaryl/α,β-unsaturated/α-hetero) is 1. The SMILES string of the molecule is CC(C)(CC1CCC(CCN2CCC(C(=O)c3ccc(F)cc3)CC2)CC1)OC(N)=O. The van der Waals surface area contributed by atoms with Gasteiger partial charge in [0.2, 0.25) is 0 Å². The molecule has 0 spiro atoms. The van der Waals surface area contributed by atoms with Crippen molar-refractivity contribution in [2.75, 3.05) is 19.6 Å². The van der Waals surface area contributed by atoms with Gasteiger partial charge in [0.05, 0.1) is 0 Å². The zero-order valence-corrected chi connectivity index (χ0v) is 18.9. The summed E-state index contributed by atoms with van der Waals surface area (Å²) in [6.07, 6.45) is 8.00. The summed E-state index contributed by atoms with van der Waals surface area (Å²) in [7, 11) is 0. The van der Waals surface area contributed by atoms with E-state index in [0.717, 1.165) is 44.8 Å². The van der Waals surface area contributed by atoms with Gasteiger partial charge in [0.1, 0.15) is 11.4 Å². The Balaban J connectivity index is 1.34. The first-order valence-corrected chi connectivity index (χ1v) is 11.7. The van der Waals surface area contributed by atoms with Crippen molar-refractivity contribution >= 4 is 11.9 Å². The normalized spacial score (nSPS) is 23.5. The third-order valence-corrected chi connectivity index (χ3v) is 7.06. The van der Waals surface area contributed by atoms with E-state index in [0.29, 0.717) is 11.5 Å². The van der Waals surface area contributed by atoms with Crippen molar-refractivity contribution in [2.45, 2.75) is 70.8 Å². The van der Waals surface area contributed by atoms with Crippen molar-refractivity contribution in [1.82, 2.24) is 4.90 Å². The molecular weight excluding hydrogens is 395 g/mol. The molecule has 2 aliphatic rings. The van der Waals surface area contributed by atoms with Gasteiger partial charge < -0.3 is 15.4 Å². The standard InChI is InChI=1S/C25H37FN2O3/c1-25(2,31-24(27)30)17-19-5-3-18(4-6-19)11-14-28-15-12-21(13-16-28)23(29)20-7-9-22(26)10-8-20/h7-10,18-19,21H,3-6,11-17H2,1-2H3,(H2,27,30). The van der Waals surface area contributed by atoms with Crippen LogP contribution in [0.25, 0.3) is 0 Å². The van der Waals surface area contributed by atoms with Crippen LogP contribution in [-0.2, 0) is 4.74 Å². The first-order valence-electron chi connectivity index (χ1n) is 11.7. The smallest absolute Gasteiger partial charge is 0.405 e. The number of nitrogens with zero attached hydrogens (tertiary/aromatic N) is 1. The molecule has 0 bridgehead atoms. The van der Waals surface area contributed by atoms with E-state index in [9.17, 15) is 14.0 Å². The van der Waals surface area contributed by atoms with E-state index in [4.69, 9.17) is 10.5 Å². The van der Waals surface area contributed by atoms with Crippen LogP contribution in [0, 0.1) is 23.6 Å². The van der Waals surface area contributed by atoms with Crippen LogP contribution in [0.2, 0.25) is 0 Å². The number of benzene rings is 1. The maximum atomic E-state index is 13.1. The second-order valence-electron chi connectivity index (χ2n) is 10.0. The Morgan fingerprint density at radius 3 is 2.19 bits per heavy atom. The van der Waals surface area contributed by atoms with Gasteiger partial charge >= 0.3 is 6.09 Å². The lowest BCUT2D eigenvalue weighted by Gasteiger charge is -2.35. The van der Waals surface area contributed by atoms with Crippen LogP contribution in [0.1, 0.15) is 75.6 Å². The molecule has 1 saturated heterocycles. The lowest BCUT2D eigenvalue weighted by atomic mass is 9.76. The van der Waals surface area contributed by atoms with E-state index >= 15 is 0 Å². The number of piperidine rings is 1. The summed E-state index contributed by atoms with van der Waals surface area (Å²) in [5.74, 6) is 1.27. The van der Waals surface area contributed by atoms with E-state index in [2.05, 4.69) is 4.90 Å². The zero-order valence-electron chi connectivity index (χ0n) is 18.9. The molecule has 0 radical (unpaired) electrons. The molecule has 2 fully saturated rings. The largest absolute Gasteiger partial charge is 0.444 e. The minimum Gasteiger partial charge on any atom is -0.444 e. The third kappa shape index (κ3) is 7.30. The maximum Gasteiger partial charge on any atom is 0.405 e. The average molecular weight is 433 g/mol. The molecule has 1 saturated carbocycles. The Morgan fingerprint density at radius 2 is 1.61 bits per heavy atom. The number of carbonyl (C=O) groups is 2. The van der Waals surface area contributed by atoms with Gasteiger partial charge in [0.25, 0.3) is 0 Å². The summed E-state index contributed by atoms with van der Waals surface area (Å²) >= 11 is 0. The van der Waals surface area contributed by atoms with E-state index in [-0.39, 0.29) is 17.5 Å². The van der Waals surface area contributed by atoms with Gasteiger partial charge in [-0.3, -0.25) is 4.79 Å². The summed E-state index contributed by atoms with van der Waals surface area (Å²) in [6, 6.07) is 5.93. The Labute approximate surface area is 185 Å². The first kappa shape index (κ1) is 23.7. The van der Waals surface area contributed by atoms with E-state index in [1.807, 2.05) is 13.8 Å². The van der Waals surface area contributed by atoms with Crippen LogP contribution >= 0.6 is 0 Å². The van der Waals surface area contributed by atoms with E-state index in [1.54, 1.807) is 12.1 Å². The van der Waals surface area contributed by atoms with E-state index < -0.39 is 11.7 Å².